The van der Waals surface area contributed by atoms with Gasteiger partial charge in [-0.3, -0.25) is 9.59 Å². The summed E-state index contributed by atoms with van der Waals surface area (Å²) in [6.45, 7) is 1.01. The van der Waals surface area contributed by atoms with Crippen LogP contribution >= 0.6 is 0 Å². The minimum absolute atomic E-state index is 0.0107. The molecule has 0 aliphatic carbocycles. The van der Waals surface area contributed by atoms with Crippen molar-refractivity contribution in [3.8, 4) is 11.5 Å². The van der Waals surface area contributed by atoms with Gasteiger partial charge in [-0.15, -0.1) is 0 Å². The lowest BCUT2D eigenvalue weighted by molar-refractivity contribution is -0.128. The highest BCUT2D eigenvalue weighted by atomic mass is 16.5. The molecule has 1 atom stereocenters. The Morgan fingerprint density at radius 1 is 1.19 bits per heavy atom. The normalized spacial score (nSPS) is 15.6. The molecule has 1 N–H and O–H groups in total. The lowest BCUT2D eigenvalue weighted by Gasteiger charge is -2.18. The molecular weight excluding hydrogens is 412 g/mol. The molecule has 9 heteroatoms. The van der Waals surface area contributed by atoms with E-state index < -0.39 is 0 Å². The highest BCUT2D eigenvalue weighted by molar-refractivity contribution is 5.93. The molecule has 2 aromatic carbocycles. The van der Waals surface area contributed by atoms with Crippen molar-refractivity contribution in [1.29, 1.82) is 0 Å². The average Bonchev–Trinajstić information content (AvgIpc) is 3.45. The van der Waals surface area contributed by atoms with Crippen LogP contribution in [0.15, 0.2) is 53.1 Å². The molecule has 1 saturated heterocycles. The fourth-order valence-corrected chi connectivity index (χ4v) is 3.64. The first-order valence-corrected chi connectivity index (χ1v) is 10.2. The molecule has 0 saturated carbocycles. The summed E-state index contributed by atoms with van der Waals surface area (Å²) in [5.41, 5.74) is 1.44. The lowest BCUT2D eigenvalue weighted by atomic mass is 10.1. The van der Waals surface area contributed by atoms with Gasteiger partial charge < -0.3 is 24.2 Å². The Kier molecular flexibility index (Phi) is 6.34. The third kappa shape index (κ3) is 4.72. The van der Waals surface area contributed by atoms with Gasteiger partial charge in [0.2, 0.25) is 11.8 Å². The maximum Gasteiger partial charge on any atom is 0.251 e. The van der Waals surface area contributed by atoms with Crippen LogP contribution in [0.4, 0.5) is 0 Å². The Hall–Kier alpha value is -3.88. The van der Waals surface area contributed by atoms with Gasteiger partial charge >= 0.3 is 0 Å². The number of rotatable bonds is 8. The van der Waals surface area contributed by atoms with Crippen LogP contribution in [0.1, 0.15) is 40.0 Å². The van der Waals surface area contributed by atoms with E-state index in [1.54, 1.807) is 49.5 Å². The Bertz CT molecular complexity index is 1100. The van der Waals surface area contributed by atoms with E-state index in [1.807, 2.05) is 18.2 Å². The predicted molar refractivity (Wildman–Crippen MR) is 114 cm³/mol. The van der Waals surface area contributed by atoms with Crippen molar-refractivity contribution in [3.63, 3.8) is 0 Å². The average molecular weight is 436 g/mol. The number of amides is 2. The van der Waals surface area contributed by atoms with Gasteiger partial charge in [0.1, 0.15) is 11.5 Å². The van der Waals surface area contributed by atoms with Gasteiger partial charge in [-0.2, -0.15) is 4.98 Å². The number of nitrogens with one attached hydrogen (secondary N) is 1. The van der Waals surface area contributed by atoms with Crippen molar-refractivity contribution in [2.75, 3.05) is 20.8 Å². The number of hydrogen-bond donors (Lipinski definition) is 1. The van der Waals surface area contributed by atoms with Crippen LogP contribution < -0.4 is 14.8 Å². The number of benzene rings is 2. The van der Waals surface area contributed by atoms with Crippen LogP contribution in [0, 0.1) is 0 Å². The summed E-state index contributed by atoms with van der Waals surface area (Å²) in [5.74, 6) is 1.73. The second-order valence-electron chi connectivity index (χ2n) is 7.45. The molecule has 1 aliphatic rings. The molecule has 3 aromatic rings. The van der Waals surface area contributed by atoms with Crippen LogP contribution in [0.2, 0.25) is 0 Å². The molecule has 0 radical (unpaired) electrons. The van der Waals surface area contributed by atoms with E-state index in [1.165, 1.54) is 0 Å². The first kappa shape index (κ1) is 21.4. The highest BCUT2D eigenvalue weighted by Gasteiger charge is 2.34. The van der Waals surface area contributed by atoms with Crippen molar-refractivity contribution >= 4 is 11.8 Å². The fraction of sp³-hybridized carbons (Fsp3) is 0.304. The number of methoxy groups -OCH3 is 2. The third-order valence-corrected chi connectivity index (χ3v) is 5.36. The minimum Gasteiger partial charge on any atom is -0.497 e. The Labute approximate surface area is 185 Å². The monoisotopic (exact) mass is 436 g/mol. The second-order valence-corrected chi connectivity index (χ2v) is 7.45. The van der Waals surface area contributed by atoms with Gasteiger partial charge in [-0.05, 0) is 24.3 Å². The first-order chi connectivity index (χ1) is 15.6. The van der Waals surface area contributed by atoms with Crippen molar-refractivity contribution in [3.05, 3.63) is 71.4 Å². The molecule has 1 unspecified atom stereocenters. The highest BCUT2D eigenvalue weighted by Crippen LogP contribution is 2.31. The molecule has 9 nitrogen and oxygen atoms in total. The van der Waals surface area contributed by atoms with Gasteiger partial charge in [0.25, 0.3) is 5.91 Å². The maximum absolute atomic E-state index is 12.6. The fourth-order valence-electron chi connectivity index (χ4n) is 3.64. The first-order valence-electron chi connectivity index (χ1n) is 10.2. The number of aromatic nitrogens is 2. The third-order valence-electron chi connectivity index (χ3n) is 5.36. The molecule has 0 spiro atoms. The van der Waals surface area contributed by atoms with Gasteiger partial charge in [0, 0.05) is 42.6 Å². The van der Waals surface area contributed by atoms with E-state index in [0.717, 1.165) is 5.56 Å². The molecule has 0 bridgehead atoms. The summed E-state index contributed by atoms with van der Waals surface area (Å²) in [7, 11) is 3.18. The number of ether oxygens (including phenoxy) is 2. The molecule has 32 heavy (non-hydrogen) atoms. The zero-order valence-corrected chi connectivity index (χ0v) is 17.9. The number of hydrogen-bond acceptors (Lipinski definition) is 7. The molecule has 1 fully saturated rings. The van der Waals surface area contributed by atoms with Gasteiger partial charge in [-0.25, -0.2) is 0 Å². The SMILES string of the molecule is COc1ccc(CN2CC(c3noc(CNC(=O)c4ccccc4)n3)CC2=O)c(OC)c1. The molecule has 4 rings (SSSR count). The molecule has 2 heterocycles. The molecule has 2 amide bonds. The number of nitrogens with zero attached hydrogens (tertiary/aromatic N) is 3. The lowest BCUT2D eigenvalue weighted by Crippen LogP contribution is -2.24. The summed E-state index contributed by atoms with van der Waals surface area (Å²) in [5, 5.41) is 6.78. The number of carbonyl (C=O) groups excluding carboxylic acids is 2. The van der Waals surface area contributed by atoms with Crippen molar-refractivity contribution < 1.29 is 23.6 Å². The van der Waals surface area contributed by atoms with E-state index >= 15 is 0 Å². The summed E-state index contributed by atoms with van der Waals surface area (Å²) in [6, 6.07) is 14.4. The summed E-state index contributed by atoms with van der Waals surface area (Å²) < 4.78 is 15.9. The predicted octanol–water partition coefficient (Wildman–Crippen LogP) is 2.53. The number of carbonyl (C=O) groups is 2. The van der Waals surface area contributed by atoms with Crippen LogP contribution in [-0.2, 0) is 17.9 Å². The van der Waals surface area contributed by atoms with Gasteiger partial charge in [0.05, 0.1) is 20.8 Å². The Morgan fingerprint density at radius 2 is 2.00 bits per heavy atom. The van der Waals surface area contributed by atoms with Crippen molar-refractivity contribution in [2.45, 2.75) is 25.4 Å². The summed E-state index contributed by atoms with van der Waals surface area (Å²) in [4.78, 5) is 30.9. The van der Waals surface area contributed by atoms with E-state index in [4.69, 9.17) is 14.0 Å². The standard InChI is InChI=1S/C23H24N4O5/c1-30-18-9-8-16(19(11-18)31-2)13-27-14-17(10-21(27)28)22-25-20(32-26-22)12-24-23(29)15-6-4-3-5-7-15/h3-9,11,17H,10,12-14H2,1-2H3,(H,24,29). The van der Waals surface area contributed by atoms with Crippen molar-refractivity contribution in [1.82, 2.24) is 20.4 Å². The summed E-state index contributed by atoms with van der Waals surface area (Å²) in [6.07, 6.45) is 0.299. The van der Waals surface area contributed by atoms with E-state index in [-0.39, 0.29) is 24.3 Å². The van der Waals surface area contributed by atoms with E-state index in [2.05, 4.69) is 15.5 Å². The van der Waals surface area contributed by atoms with Crippen LogP contribution in [0.25, 0.3) is 0 Å². The molecule has 1 aliphatic heterocycles. The zero-order chi connectivity index (χ0) is 22.5. The minimum atomic E-state index is -0.221. The maximum atomic E-state index is 12.6. The van der Waals surface area contributed by atoms with Crippen LogP contribution in [-0.4, -0.2) is 47.6 Å². The van der Waals surface area contributed by atoms with Crippen molar-refractivity contribution in [2.24, 2.45) is 0 Å². The van der Waals surface area contributed by atoms with E-state index in [9.17, 15) is 9.59 Å². The molecule has 166 valence electrons. The second kappa shape index (κ2) is 9.51. The molecular formula is C23H24N4O5. The largest absolute Gasteiger partial charge is 0.497 e. The number of likely N-dealkylation sites (tertiary alicyclic amines) is 1. The quantitative estimate of drug-likeness (QED) is 0.578. The smallest absolute Gasteiger partial charge is 0.251 e. The van der Waals surface area contributed by atoms with Gasteiger partial charge in [0.15, 0.2) is 5.82 Å². The van der Waals surface area contributed by atoms with Crippen LogP contribution in [0.5, 0.6) is 11.5 Å². The Balaban J connectivity index is 1.36. The Morgan fingerprint density at radius 3 is 2.75 bits per heavy atom. The van der Waals surface area contributed by atoms with Gasteiger partial charge in [-0.1, -0.05) is 23.4 Å². The zero-order valence-electron chi connectivity index (χ0n) is 17.9. The summed E-state index contributed by atoms with van der Waals surface area (Å²) >= 11 is 0. The topological polar surface area (TPSA) is 107 Å². The van der Waals surface area contributed by atoms with E-state index in [0.29, 0.717) is 48.3 Å². The van der Waals surface area contributed by atoms with Crippen LogP contribution in [0.3, 0.4) is 0 Å². The molecule has 1 aromatic heterocycles.